The number of unbranched alkanes of at least 4 members (excludes halogenated alkanes) is 10. The third-order valence-electron chi connectivity index (χ3n) is 4.88. The van der Waals surface area contributed by atoms with E-state index in [0.717, 1.165) is 45.3 Å². The van der Waals surface area contributed by atoms with Crippen molar-refractivity contribution in [2.24, 2.45) is 0 Å². The van der Waals surface area contributed by atoms with Gasteiger partial charge in [-0.2, -0.15) is 0 Å². The molecule has 0 aromatic rings. The molecule has 0 spiro atoms. The lowest BCUT2D eigenvalue weighted by atomic mass is 10.0. The van der Waals surface area contributed by atoms with Gasteiger partial charge in [-0.15, -0.1) is 0 Å². The highest BCUT2D eigenvalue weighted by atomic mass is 16.1. The first-order chi connectivity index (χ1) is 11.2. The minimum absolute atomic E-state index is 0.480. The highest BCUT2D eigenvalue weighted by Gasteiger charge is 2.04. The first kappa shape index (κ1) is 22.6. The maximum atomic E-state index is 11.8. The fraction of sp³-hybridized carbons (Fsp3) is 0.952. The van der Waals surface area contributed by atoms with Gasteiger partial charge in [0.25, 0.3) is 0 Å². The molecule has 0 saturated heterocycles. The quantitative estimate of drug-likeness (QED) is 0.273. The average molecular weight is 326 g/mol. The molecular weight excluding hydrogens is 282 g/mol. The monoisotopic (exact) mass is 325 g/mol. The van der Waals surface area contributed by atoms with Crippen LogP contribution in [0.25, 0.3) is 0 Å². The summed E-state index contributed by atoms with van der Waals surface area (Å²) in [6, 6.07) is 0. The van der Waals surface area contributed by atoms with Gasteiger partial charge >= 0.3 is 0 Å². The highest BCUT2D eigenvalue weighted by molar-refractivity contribution is 5.78. The van der Waals surface area contributed by atoms with Crippen LogP contribution in [0.5, 0.6) is 0 Å². The fourth-order valence-electron chi connectivity index (χ4n) is 3.15. The topological polar surface area (TPSA) is 20.3 Å². The number of carbonyl (C=O) groups is 1. The molecule has 0 amide bonds. The normalized spacial score (nSPS) is 11.3. The molecule has 0 bridgehead atoms. The molecule has 0 aromatic carbocycles. The Morgan fingerprint density at radius 2 is 1.04 bits per heavy atom. The second-order valence-electron chi connectivity index (χ2n) is 6.95. The Morgan fingerprint density at radius 1 is 0.609 bits per heavy atom. The van der Waals surface area contributed by atoms with Gasteiger partial charge in [-0.3, -0.25) is 4.79 Å². The van der Waals surface area contributed by atoms with Crippen LogP contribution >= 0.6 is 0 Å². The first-order valence-corrected chi connectivity index (χ1v) is 10.5. The molecule has 2 nitrogen and oxygen atoms in total. The lowest BCUT2D eigenvalue weighted by Gasteiger charge is -2.17. The number of carbonyl (C=O) groups excluding carboxylic acids is 1. The van der Waals surface area contributed by atoms with Gasteiger partial charge in [0.2, 0.25) is 0 Å². The number of hydrogen-bond acceptors (Lipinski definition) is 2. The van der Waals surface area contributed by atoms with E-state index in [1.54, 1.807) is 0 Å². The van der Waals surface area contributed by atoms with Crippen molar-refractivity contribution in [1.29, 1.82) is 0 Å². The van der Waals surface area contributed by atoms with E-state index in [1.165, 1.54) is 64.2 Å². The van der Waals surface area contributed by atoms with Crippen molar-refractivity contribution >= 4 is 5.78 Å². The van der Waals surface area contributed by atoms with E-state index < -0.39 is 0 Å². The molecule has 0 aliphatic carbocycles. The zero-order valence-electron chi connectivity index (χ0n) is 16.4. The Labute approximate surface area is 146 Å². The summed E-state index contributed by atoms with van der Waals surface area (Å²) in [4.78, 5) is 14.2. The summed E-state index contributed by atoms with van der Waals surface area (Å²) in [7, 11) is 0. The molecule has 0 unspecified atom stereocenters. The molecule has 23 heavy (non-hydrogen) atoms. The molecule has 0 aliphatic rings. The number of rotatable bonds is 18. The molecule has 138 valence electrons. The minimum Gasteiger partial charge on any atom is -0.304 e. The Balaban J connectivity index is 3.23. The summed E-state index contributed by atoms with van der Waals surface area (Å²) in [6.45, 7) is 9.94. The van der Waals surface area contributed by atoms with Crippen LogP contribution in [0.4, 0.5) is 0 Å². The predicted molar refractivity (Wildman–Crippen MR) is 103 cm³/mol. The molecule has 0 aliphatic heterocycles. The zero-order chi connectivity index (χ0) is 17.2. The second-order valence-corrected chi connectivity index (χ2v) is 6.95. The van der Waals surface area contributed by atoms with Crippen LogP contribution in [0, 0.1) is 0 Å². The van der Waals surface area contributed by atoms with Gasteiger partial charge < -0.3 is 4.90 Å². The van der Waals surface area contributed by atoms with Gasteiger partial charge in [0, 0.05) is 12.8 Å². The number of ketones is 1. The van der Waals surface area contributed by atoms with Crippen LogP contribution in [-0.2, 0) is 4.79 Å². The smallest absolute Gasteiger partial charge is 0.132 e. The van der Waals surface area contributed by atoms with E-state index in [2.05, 4.69) is 25.7 Å². The Kier molecular flexibility index (Phi) is 17.7. The fourth-order valence-corrected chi connectivity index (χ4v) is 3.15. The van der Waals surface area contributed by atoms with Crippen molar-refractivity contribution in [3.05, 3.63) is 0 Å². The highest BCUT2D eigenvalue weighted by Crippen LogP contribution is 2.12. The number of Topliss-reactive ketones (excluding diaryl/α,β-unsaturated/α-hetero) is 1. The molecule has 0 rings (SSSR count). The molecule has 0 fully saturated rings. The van der Waals surface area contributed by atoms with Crippen LogP contribution in [0.15, 0.2) is 0 Å². The summed E-state index contributed by atoms with van der Waals surface area (Å²) < 4.78 is 0. The van der Waals surface area contributed by atoms with E-state index in [0.29, 0.717) is 5.78 Å². The van der Waals surface area contributed by atoms with Gasteiger partial charge in [0.1, 0.15) is 5.78 Å². The van der Waals surface area contributed by atoms with Crippen LogP contribution in [0.3, 0.4) is 0 Å². The van der Waals surface area contributed by atoms with Gasteiger partial charge in [-0.1, -0.05) is 85.0 Å². The predicted octanol–water partition coefficient (Wildman–Crippen LogP) is 6.38. The molecule has 0 atom stereocenters. The zero-order valence-corrected chi connectivity index (χ0v) is 16.4. The summed E-state index contributed by atoms with van der Waals surface area (Å²) >= 11 is 0. The molecule has 0 aromatic heterocycles. The SMILES string of the molecule is CCCCCCCCCCCCCC(=O)CCCN(CC)CC. The summed E-state index contributed by atoms with van der Waals surface area (Å²) in [5, 5.41) is 0. The van der Waals surface area contributed by atoms with Crippen LogP contribution in [0.2, 0.25) is 0 Å². The van der Waals surface area contributed by atoms with Crippen LogP contribution in [0.1, 0.15) is 111 Å². The molecular formula is C21H43NO. The van der Waals surface area contributed by atoms with Gasteiger partial charge in [0.05, 0.1) is 0 Å². The second kappa shape index (κ2) is 18.0. The molecule has 0 saturated carbocycles. The average Bonchev–Trinajstić information content (AvgIpc) is 2.56. The largest absolute Gasteiger partial charge is 0.304 e. The van der Waals surface area contributed by atoms with E-state index in [4.69, 9.17) is 0 Å². The van der Waals surface area contributed by atoms with Gasteiger partial charge in [0.15, 0.2) is 0 Å². The lowest BCUT2D eigenvalue weighted by molar-refractivity contribution is -0.119. The maximum absolute atomic E-state index is 11.8. The van der Waals surface area contributed by atoms with E-state index in [9.17, 15) is 4.79 Å². The Bertz CT molecular complexity index is 248. The van der Waals surface area contributed by atoms with Crippen LogP contribution in [-0.4, -0.2) is 30.3 Å². The third kappa shape index (κ3) is 16.3. The van der Waals surface area contributed by atoms with Crippen LogP contribution < -0.4 is 0 Å². The van der Waals surface area contributed by atoms with Crippen molar-refractivity contribution in [3.63, 3.8) is 0 Å². The maximum Gasteiger partial charge on any atom is 0.132 e. The number of hydrogen-bond donors (Lipinski definition) is 0. The minimum atomic E-state index is 0.480. The summed E-state index contributed by atoms with van der Waals surface area (Å²) in [5.41, 5.74) is 0. The number of nitrogens with zero attached hydrogens (tertiary/aromatic N) is 1. The lowest BCUT2D eigenvalue weighted by Crippen LogP contribution is -2.24. The van der Waals surface area contributed by atoms with Crippen molar-refractivity contribution in [2.45, 2.75) is 111 Å². The third-order valence-corrected chi connectivity index (χ3v) is 4.88. The molecule has 2 heteroatoms. The van der Waals surface area contributed by atoms with E-state index in [1.807, 2.05) is 0 Å². The molecule has 0 radical (unpaired) electrons. The summed E-state index contributed by atoms with van der Waals surface area (Å²) in [6.07, 6.45) is 17.5. The van der Waals surface area contributed by atoms with Gasteiger partial charge in [-0.05, 0) is 32.5 Å². The van der Waals surface area contributed by atoms with E-state index in [-0.39, 0.29) is 0 Å². The van der Waals surface area contributed by atoms with E-state index >= 15 is 0 Å². The standard InChI is InChI=1S/C21H43NO/c1-4-7-8-9-10-11-12-13-14-15-16-18-21(23)19-17-20-22(5-2)6-3/h4-20H2,1-3H3. The van der Waals surface area contributed by atoms with Crippen molar-refractivity contribution in [1.82, 2.24) is 4.90 Å². The van der Waals surface area contributed by atoms with Crippen molar-refractivity contribution in [2.75, 3.05) is 19.6 Å². The Morgan fingerprint density at radius 3 is 1.52 bits per heavy atom. The molecule has 0 N–H and O–H groups in total. The summed E-state index contributed by atoms with van der Waals surface area (Å²) in [5.74, 6) is 0.480. The molecule has 0 heterocycles. The Hall–Kier alpha value is -0.370. The van der Waals surface area contributed by atoms with Gasteiger partial charge in [-0.25, -0.2) is 0 Å². The van der Waals surface area contributed by atoms with Crippen molar-refractivity contribution in [3.8, 4) is 0 Å². The first-order valence-electron chi connectivity index (χ1n) is 10.5. The van der Waals surface area contributed by atoms with Crippen molar-refractivity contribution < 1.29 is 4.79 Å².